The monoisotopic (exact) mass is 327 g/mol. The van der Waals surface area contributed by atoms with Crippen molar-refractivity contribution < 1.29 is 14.6 Å². The average molecular weight is 327 g/mol. The molecule has 4 nitrogen and oxygen atoms in total. The fraction of sp³-hybridized carbons (Fsp3) is 0.350. The van der Waals surface area contributed by atoms with E-state index in [0.29, 0.717) is 0 Å². The predicted octanol–water partition coefficient (Wildman–Crippen LogP) is 2.72. The van der Waals surface area contributed by atoms with Gasteiger partial charge in [0.05, 0.1) is 5.60 Å². The number of hydrogen-bond donors (Lipinski definition) is 2. The molecule has 1 amide bonds. The van der Waals surface area contributed by atoms with Crippen LogP contribution in [0.1, 0.15) is 30.9 Å². The average Bonchev–Trinajstić information content (AvgIpc) is 2.61. The van der Waals surface area contributed by atoms with E-state index in [0.717, 1.165) is 11.1 Å². The van der Waals surface area contributed by atoms with E-state index in [1.54, 1.807) is 13.8 Å². The first kappa shape index (κ1) is 18.2. The normalized spacial score (nSPS) is 14.9. The van der Waals surface area contributed by atoms with Crippen LogP contribution in [0.3, 0.4) is 0 Å². The van der Waals surface area contributed by atoms with Crippen molar-refractivity contribution >= 4 is 5.91 Å². The zero-order chi connectivity index (χ0) is 17.6. The number of carbonyl (C=O) groups is 1. The zero-order valence-corrected chi connectivity index (χ0v) is 14.4. The summed E-state index contributed by atoms with van der Waals surface area (Å²) in [5, 5.41) is 13.9. The summed E-state index contributed by atoms with van der Waals surface area (Å²) in [6.45, 7) is 3.55. The summed E-state index contributed by atoms with van der Waals surface area (Å²) >= 11 is 0. The minimum absolute atomic E-state index is 0.133. The number of methoxy groups -OCH3 is 1. The van der Waals surface area contributed by atoms with Gasteiger partial charge in [0, 0.05) is 19.6 Å². The molecule has 0 saturated carbocycles. The summed E-state index contributed by atoms with van der Waals surface area (Å²) < 4.78 is 5.01. The van der Waals surface area contributed by atoms with Crippen LogP contribution in [0.5, 0.6) is 0 Å². The fourth-order valence-electron chi connectivity index (χ4n) is 2.82. The van der Waals surface area contributed by atoms with Crippen LogP contribution in [0.4, 0.5) is 0 Å². The fourth-order valence-corrected chi connectivity index (χ4v) is 2.82. The van der Waals surface area contributed by atoms with Gasteiger partial charge in [-0.1, -0.05) is 60.7 Å². The van der Waals surface area contributed by atoms with Gasteiger partial charge in [-0.05, 0) is 25.0 Å². The second-order valence-electron chi connectivity index (χ2n) is 6.21. The van der Waals surface area contributed by atoms with Crippen molar-refractivity contribution in [2.45, 2.75) is 31.5 Å². The molecule has 2 unspecified atom stereocenters. The summed E-state index contributed by atoms with van der Waals surface area (Å²) in [7, 11) is 1.49. The first-order valence-corrected chi connectivity index (χ1v) is 8.08. The van der Waals surface area contributed by atoms with E-state index in [2.05, 4.69) is 5.32 Å². The lowest BCUT2D eigenvalue weighted by molar-refractivity contribution is -0.131. The van der Waals surface area contributed by atoms with Crippen molar-refractivity contribution in [2.75, 3.05) is 13.7 Å². The van der Waals surface area contributed by atoms with Gasteiger partial charge in [-0.2, -0.15) is 0 Å². The Morgan fingerprint density at radius 1 is 1.08 bits per heavy atom. The molecule has 0 aliphatic rings. The predicted molar refractivity (Wildman–Crippen MR) is 94.8 cm³/mol. The number of aliphatic hydroxyl groups is 1. The zero-order valence-electron chi connectivity index (χ0n) is 14.4. The smallest absolute Gasteiger partial charge is 0.248 e. The lowest BCUT2D eigenvalue weighted by atomic mass is 9.78. The highest BCUT2D eigenvalue weighted by Gasteiger charge is 2.35. The largest absolute Gasteiger partial charge is 0.387 e. The number of hydrogen-bond acceptors (Lipinski definition) is 3. The highest BCUT2D eigenvalue weighted by Crippen LogP contribution is 2.34. The first-order chi connectivity index (χ1) is 11.5. The van der Waals surface area contributed by atoms with E-state index >= 15 is 0 Å². The van der Waals surface area contributed by atoms with Crippen LogP contribution in [0.25, 0.3) is 0 Å². The quantitative estimate of drug-likeness (QED) is 0.822. The molecule has 0 saturated heterocycles. The van der Waals surface area contributed by atoms with Crippen LogP contribution in [0.2, 0.25) is 0 Å². The van der Waals surface area contributed by atoms with E-state index in [1.165, 1.54) is 7.11 Å². The molecule has 2 rings (SSSR count). The number of benzene rings is 2. The molecular weight excluding hydrogens is 302 g/mol. The van der Waals surface area contributed by atoms with Crippen LogP contribution in [0.15, 0.2) is 60.7 Å². The minimum Gasteiger partial charge on any atom is -0.387 e. The molecule has 128 valence electrons. The maximum Gasteiger partial charge on any atom is 0.248 e. The third-order valence-corrected chi connectivity index (χ3v) is 4.23. The van der Waals surface area contributed by atoms with Crippen molar-refractivity contribution in [2.24, 2.45) is 0 Å². The maximum absolute atomic E-state index is 12.0. The Morgan fingerprint density at radius 3 is 1.96 bits per heavy atom. The lowest BCUT2D eigenvalue weighted by Crippen LogP contribution is -2.47. The molecule has 2 N–H and O–H groups in total. The molecule has 2 aromatic rings. The topological polar surface area (TPSA) is 58.6 Å². The molecule has 24 heavy (non-hydrogen) atoms. The van der Waals surface area contributed by atoms with Gasteiger partial charge in [0.1, 0.15) is 6.10 Å². The molecule has 0 aliphatic heterocycles. The summed E-state index contributed by atoms with van der Waals surface area (Å²) in [6, 6.07) is 19.7. The molecule has 0 radical (unpaired) electrons. The van der Waals surface area contributed by atoms with E-state index in [4.69, 9.17) is 4.74 Å². The Balaban J connectivity index is 2.27. The molecule has 0 spiro atoms. The van der Waals surface area contributed by atoms with Gasteiger partial charge in [-0.3, -0.25) is 4.79 Å². The molecule has 0 aliphatic carbocycles. The Bertz CT molecular complexity index is 601. The van der Waals surface area contributed by atoms with Gasteiger partial charge in [0.2, 0.25) is 5.91 Å². The highest BCUT2D eigenvalue weighted by molar-refractivity contribution is 5.80. The molecule has 0 heterocycles. The number of amides is 1. The molecule has 0 bridgehead atoms. The van der Waals surface area contributed by atoms with Crippen LogP contribution < -0.4 is 5.32 Å². The van der Waals surface area contributed by atoms with Crippen LogP contribution in [-0.2, 0) is 9.53 Å². The molecule has 2 atom stereocenters. The number of ether oxygens (including phenoxy) is 1. The van der Waals surface area contributed by atoms with E-state index in [1.807, 2.05) is 60.7 Å². The molecule has 0 aromatic heterocycles. The summed E-state index contributed by atoms with van der Waals surface area (Å²) in [6.07, 6.45) is -0.548. The Hall–Kier alpha value is -2.17. The van der Waals surface area contributed by atoms with Gasteiger partial charge in [0.15, 0.2) is 0 Å². The Morgan fingerprint density at radius 2 is 1.54 bits per heavy atom. The standard InChI is InChI=1S/C20H25NO3/c1-15(24-3)19(22)21-14-20(2,23)18(16-10-6-4-7-11-16)17-12-8-5-9-13-17/h4-13,15,18,23H,14H2,1-3H3,(H,21,22). The van der Waals surface area contributed by atoms with Gasteiger partial charge >= 0.3 is 0 Å². The third kappa shape index (κ3) is 4.43. The van der Waals surface area contributed by atoms with Gasteiger partial charge < -0.3 is 15.2 Å². The number of rotatable bonds is 7. The van der Waals surface area contributed by atoms with Gasteiger partial charge in [-0.25, -0.2) is 0 Å². The second-order valence-corrected chi connectivity index (χ2v) is 6.21. The molecule has 4 heteroatoms. The van der Waals surface area contributed by atoms with Crippen molar-refractivity contribution in [3.8, 4) is 0 Å². The van der Waals surface area contributed by atoms with Crippen molar-refractivity contribution in [3.05, 3.63) is 71.8 Å². The van der Waals surface area contributed by atoms with Crippen molar-refractivity contribution in [1.82, 2.24) is 5.32 Å². The Kier molecular flexibility index (Phi) is 6.12. The van der Waals surface area contributed by atoms with Crippen LogP contribution >= 0.6 is 0 Å². The maximum atomic E-state index is 12.0. The molecule has 0 fully saturated rings. The van der Waals surface area contributed by atoms with E-state index < -0.39 is 11.7 Å². The summed E-state index contributed by atoms with van der Waals surface area (Å²) in [5.41, 5.74) is 0.858. The molecular formula is C20H25NO3. The van der Waals surface area contributed by atoms with Gasteiger partial charge in [0.25, 0.3) is 0 Å². The summed E-state index contributed by atoms with van der Waals surface area (Å²) in [4.78, 5) is 12.0. The lowest BCUT2D eigenvalue weighted by Gasteiger charge is -2.34. The second kappa shape index (κ2) is 8.08. The van der Waals surface area contributed by atoms with Gasteiger partial charge in [-0.15, -0.1) is 0 Å². The van der Waals surface area contributed by atoms with E-state index in [9.17, 15) is 9.90 Å². The first-order valence-electron chi connectivity index (χ1n) is 8.08. The van der Waals surface area contributed by atoms with Crippen LogP contribution in [0, 0.1) is 0 Å². The van der Waals surface area contributed by atoms with E-state index in [-0.39, 0.29) is 18.4 Å². The minimum atomic E-state index is -1.15. The van der Waals surface area contributed by atoms with Crippen molar-refractivity contribution in [1.29, 1.82) is 0 Å². The number of nitrogens with one attached hydrogen (secondary N) is 1. The number of carbonyl (C=O) groups excluding carboxylic acids is 1. The highest BCUT2D eigenvalue weighted by atomic mass is 16.5. The van der Waals surface area contributed by atoms with Crippen LogP contribution in [-0.4, -0.2) is 36.4 Å². The Labute approximate surface area is 143 Å². The SMILES string of the molecule is COC(C)C(=O)NCC(C)(O)C(c1ccccc1)c1ccccc1. The third-order valence-electron chi connectivity index (χ3n) is 4.23. The molecule has 2 aromatic carbocycles. The summed E-state index contributed by atoms with van der Waals surface area (Å²) in [5.74, 6) is -0.490. The van der Waals surface area contributed by atoms with Crippen molar-refractivity contribution in [3.63, 3.8) is 0 Å².